The van der Waals surface area contributed by atoms with Gasteiger partial charge in [0.25, 0.3) is 0 Å². The van der Waals surface area contributed by atoms with Gasteiger partial charge in [-0.3, -0.25) is 0 Å². The summed E-state index contributed by atoms with van der Waals surface area (Å²) in [6.45, 7) is 0. The van der Waals surface area contributed by atoms with Gasteiger partial charge in [-0.15, -0.1) is 0 Å². The van der Waals surface area contributed by atoms with Gasteiger partial charge in [-0.1, -0.05) is 0 Å². The van der Waals surface area contributed by atoms with Crippen molar-refractivity contribution in [3.8, 4) is 0 Å². The van der Waals surface area contributed by atoms with Gasteiger partial charge in [-0.05, 0) is 0 Å². The van der Waals surface area contributed by atoms with E-state index < -0.39 is 36.9 Å². The van der Waals surface area contributed by atoms with E-state index in [0.29, 0.717) is 0 Å². The maximum absolute atomic E-state index is 8.56. The number of carboxylic acid groups (broad SMARTS) is 12. The molecular weight excluding hydrogens is 387 g/mol. The zero-order valence-corrected chi connectivity index (χ0v) is 12.4. The van der Waals surface area contributed by atoms with E-state index in [-0.39, 0.29) is 17.4 Å². The van der Waals surface area contributed by atoms with Gasteiger partial charge in [0.2, 0.25) is 18.5 Å². The van der Waals surface area contributed by atoms with Crippen molar-refractivity contribution in [1.82, 2.24) is 0 Å². The fraction of sp³-hybridized carbons (Fsp3) is 0. The third kappa shape index (κ3) is 449. The Bertz CT molecular complexity index is 257. The fourth-order valence-electron chi connectivity index (χ4n) is 0. The fourth-order valence-corrected chi connectivity index (χ4v) is 0. The van der Waals surface area contributed by atoms with Crippen LogP contribution in [0.2, 0.25) is 0 Å². The maximum Gasteiger partial charge on any atom is 3.00 e. The molecule has 0 aliphatic heterocycles. The first-order valence-corrected chi connectivity index (χ1v) is 3.85. The Morgan fingerprint density at radius 1 is 0.400 bits per heavy atom. The Hall–Kier alpha value is -3.85. The number of carbonyl (C=O) groups is 6. The van der Waals surface area contributed by atoms with Crippen LogP contribution in [0.25, 0.3) is 0 Å². The summed E-state index contributed by atoms with van der Waals surface area (Å²) in [5, 5.41) is 87.8. The average molecular weight is 396 g/mol. The molecule has 0 aromatic carbocycles. The minimum absolute atomic E-state index is 0. The van der Waals surface area contributed by atoms with E-state index in [1.807, 2.05) is 0 Å². The van der Waals surface area contributed by atoms with Gasteiger partial charge >= 0.3 is 35.8 Å². The van der Waals surface area contributed by atoms with Crippen LogP contribution in [-0.2, 0) is 0 Å². The van der Waals surface area contributed by atoms with Gasteiger partial charge in [0.1, 0.15) is 0 Å². The van der Waals surface area contributed by atoms with E-state index in [4.69, 9.17) is 90.0 Å². The Morgan fingerprint density at radius 3 is 0.400 bits per heavy atom. The van der Waals surface area contributed by atoms with Crippen LogP contribution in [0.1, 0.15) is 0 Å². The molecule has 0 radical (unpaired) electrons. The monoisotopic (exact) mass is 396 g/mol. The second-order valence-corrected chi connectivity index (χ2v) is 1.65. The van der Waals surface area contributed by atoms with Gasteiger partial charge < -0.3 is 75.7 Å². The van der Waals surface area contributed by atoms with Crippen molar-refractivity contribution in [3.05, 3.63) is 0 Å². The van der Waals surface area contributed by atoms with Crippen molar-refractivity contribution in [3.63, 3.8) is 0 Å². The normalized spacial score (nSPS) is 5.76. The van der Waals surface area contributed by atoms with Crippen LogP contribution in [0.5, 0.6) is 0 Å². The van der Waals surface area contributed by atoms with E-state index in [1.54, 1.807) is 0 Å². The molecule has 0 unspecified atom stereocenters. The van der Waals surface area contributed by atoms with Crippen LogP contribution in [0.3, 0.4) is 0 Å². The molecule has 25 heavy (non-hydrogen) atoms. The van der Waals surface area contributed by atoms with E-state index in [1.165, 1.54) is 0 Å². The van der Waals surface area contributed by atoms with Crippen LogP contribution in [0.4, 0.5) is 28.8 Å². The summed E-state index contributed by atoms with van der Waals surface area (Å²) in [7, 11) is 0. The summed E-state index contributed by atoms with van der Waals surface area (Å²) in [5.41, 5.74) is 0. The molecule has 0 rings (SSSR count). The molecule has 19 heteroatoms. The average Bonchev–Trinajstić information content (AvgIpc) is 2.08. The molecule has 0 saturated carbocycles. The maximum atomic E-state index is 8.56. The van der Waals surface area contributed by atoms with Crippen molar-refractivity contribution in [2.24, 2.45) is 0 Å². The van der Waals surface area contributed by atoms with Gasteiger partial charge in [-0.25, -0.2) is 14.4 Å². The van der Waals surface area contributed by atoms with Gasteiger partial charge in [0.05, 0.1) is 0 Å². The summed E-state index contributed by atoms with van der Waals surface area (Å²) in [6.07, 6.45) is -11.8. The summed E-state index contributed by atoms with van der Waals surface area (Å²) < 4.78 is 0. The number of hydrogen-bond acceptors (Lipinski definition) is 9. The standard InChI is InChI=1S/6CH2O3.Al/c6*2-1(3)4;/h6*(H2,2,3,4);/q;;;;;;+3/p-3. The van der Waals surface area contributed by atoms with Gasteiger partial charge in [0.15, 0.2) is 0 Å². The van der Waals surface area contributed by atoms with Crippen LogP contribution < -0.4 is 15.3 Å². The molecule has 0 saturated heterocycles. The van der Waals surface area contributed by atoms with Crippen molar-refractivity contribution in [1.29, 1.82) is 0 Å². The predicted octanol–water partition coefficient (Wildman–Crippen LogP) is -3.05. The van der Waals surface area contributed by atoms with Crippen molar-refractivity contribution < 1.29 is 90.0 Å². The first-order chi connectivity index (χ1) is 10.4. The summed E-state index contributed by atoms with van der Waals surface area (Å²) >= 11 is 0. The minimum Gasteiger partial charge on any atom is -0.565 e. The number of rotatable bonds is 0. The van der Waals surface area contributed by atoms with Crippen LogP contribution in [0.15, 0.2) is 0 Å². The molecule has 0 aliphatic rings. The molecule has 0 bridgehead atoms. The van der Waals surface area contributed by atoms with Crippen molar-refractivity contribution >= 4 is 54.3 Å². The SMILES string of the molecule is O=C(O)O.O=C(O)O.O=C(O)O.O=C([O-])O.O=C([O-])O.O=C([O-])O.[Al+3]. The molecule has 0 amide bonds. The largest absolute Gasteiger partial charge is 3.00 e. The predicted molar refractivity (Wildman–Crippen MR) is 61.8 cm³/mol. The van der Waals surface area contributed by atoms with Gasteiger partial charge in [0, 0.05) is 0 Å². The zero-order chi connectivity index (χ0) is 21.5. The molecule has 9 N–H and O–H groups in total. The Kier molecular flexibility index (Phi) is 63.3. The van der Waals surface area contributed by atoms with Gasteiger partial charge in [-0.2, -0.15) is 0 Å². The molecule has 0 aliphatic carbocycles. The summed E-state index contributed by atoms with van der Waals surface area (Å²) in [5.74, 6) is 0. The molecule has 0 atom stereocenters. The van der Waals surface area contributed by atoms with E-state index in [9.17, 15) is 0 Å². The quantitative estimate of drug-likeness (QED) is 0.183. The summed E-state index contributed by atoms with van der Waals surface area (Å²) in [4.78, 5) is 51.0. The van der Waals surface area contributed by atoms with Crippen LogP contribution in [-0.4, -0.2) is 100 Å². The smallest absolute Gasteiger partial charge is 0.565 e. The first-order valence-electron chi connectivity index (χ1n) is 3.85. The second-order valence-electron chi connectivity index (χ2n) is 1.65. The Morgan fingerprint density at radius 2 is 0.400 bits per heavy atom. The molecule has 18 nitrogen and oxygen atoms in total. The second kappa shape index (κ2) is 36.9. The molecule has 0 aromatic heterocycles. The molecule has 0 fully saturated rings. The Balaban J connectivity index is -0.0000000309. The minimum atomic E-state index is -2.08. The molecule has 0 spiro atoms. The van der Waals surface area contributed by atoms with E-state index in [0.717, 1.165) is 0 Å². The topological polar surface area (TPSA) is 354 Å². The third-order valence-electron chi connectivity index (χ3n) is 0. The number of hydrogen-bond donors (Lipinski definition) is 9. The molecular formula is C6H9AlO18. The third-order valence-corrected chi connectivity index (χ3v) is 0. The molecule has 0 aromatic rings. The Labute approximate surface area is 145 Å². The van der Waals surface area contributed by atoms with Crippen LogP contribution in [0, 0.1) is 0 Å². The van der Waals surface area contributed by atoms with E-state index in [2.05, 4.69) is 0 Å². The van der Waals surface area contributed by atoms with E-state index >= 15 is 0 Å². The molecule has 144 valence electrons. The van der Waals surface area contributed by atoms with Crippen LogP contribution >= 0.6 is 0 Å². The first kappa shape index (κ1) is 42.9. The summed E-state index contributed by atoms with van der Waals surface area (Å²) in [6, 6.07) is 0. The zero-order valence-electron chi connectivity index (χ0n) is 11.3. The van der Waals surface area contributed by atoms with Crippen molar-refractivity contribution in [2.45, 2.75) is 0 Å². The molecule has 0 heterocycles. The van der Waals surface area contributed by atoms with Crippen molar-refractivity contribution in [2.75, 3.05) is 0 Å².